The Morgan fingerprint density at radius 2 is 1.80 bits per heavy atom. The first-order valence-electron chi connectivity index (χ1n) is 5.26. The smallest absolute Gasteiger partial charge is 0.221 e. The fraction of sp³-hybridized carbons (Fsp3) is 0.800. The SMILES string of the molecule is CC(=O)N1CCN(CCCC(=O)Cl)CC1. The first-order chi connectivity index (χ1) is 7.09. The molecular formula is C10H17ClN2O2. The number of hydrogen-bond donors (Lipinski definition) is 0. The highest BCUT2D eigenvalue weighted by Gasteiger charge is 2.17. The fourth-order valence-electron chi connectivity index (χ4n) is 1.73. The summed E-state index contributed by atoms with van der Waals surface area (Å²) >= 11 is 5.25. The second kappa shape index (κ2) is 6.08. The van der Waals surface area contributed by atoms with Crippen molar-refractivity contribution in [2.24, 2.45) is 0 Å². The van der Waals surface area contributed by atoms with Crippen LogP contribution in [0.5, 0.6) is 0 Å². The minimum absolute atomic E-state index is 0.144. The number of carbonyl (C=O) groups is 2. The number of amides is 1. The molecule has 1 aliphatic heterocycles. The summed E-state index contributed by atoms with van der Waals surface area (Å²) in [7, 11) is 0. The van der Waals surface area contributed by atoms with Gasteiger partial charge >= 0.3 is 0 Å². The van der Waals surface area contributed by atoms with Gasteiger partial charge in [-0.2, -0.15) is 0 Å². The first-order valence-corrected chi connectivity index (χ1v) is 5.63. The molecule has 0 aromatic heterocycles. The summed E-state index contributed by atoms with van der Waals surface area (Å²) in [6, 6.07) is 0. The van der Waals surface area contributed by atoms with Gasteiger partial charge in [0.15, 0.2) is 0 Å². The van der Waals surface area contributed by atoms with E-state index in [9.17, 15) is 9.59 Å². The second-order valence-electron chi connectivity index (χ2n) is 3.81. The molecule has 86 valence electrons. The Morgan fingerprint density at radius 1 is 1.20 bits per heavy atom. The van der Waals surface area contributed by atoms with Gasteiger partial charge in [-0.15, -0.1) is 0 Å². The molecule has 1 saturated heterocycles. The molecular weight excluding hydrogens is 216 g/mol. The molecule has 0 aromatic carbocycles. The Morgan fingerprint density at radius 3 is 2.27 bits per heavy atom. The molecule has 1 rings (SSSR count). The zero-order valence-corrected chi connectivity index (χ0v) is 9.79. The normalized spacial score (nSPS) is 17.9. The highest BCUT2D eigenvalue weighted by atomic mass is 35.5. The largest absolute Gasteiger partial charge is 0.340 e. The average molecular weight is 233 g/mol. The van der Waals surface area contributed by atoms with Crippen LogP contribution in [0.1, 0.15) is 19.8 Å². The van der Waals surface area contributed by atoms with Crippen LogP contribution in [0.2, 0.25) is 0 Å². The van der Waals surface area contributed by atoms with Crippen LogP contribution in [0.25, 0.3) is 0 Å². The van der Waals surface area contributed by atoms with Crippen LogP contribution in [0, 0.1) is 0 Å². The lowest BCUT2D eigenvalue weighted by Gasteiger charge is -2.34. The monoisotopic (exact) mass is 232 g/mol. The van der Waals surface area contributed by atoms with Gasteiger partial charge in [-0.1, -0.05) is 0 Å². The molecule has 1 amide bonds. The molecule has 0 spiro atoms. The van der Waals surface area contributed by atoms with Crippen molar-refractivity contribution < 1.29 is 9.59 Å². The third-order valence-electron chi connectivity index (χ3n) is 2.67. The van der Waals surface area contributed by atoms with E-state index in [0.717, 1.165) is 39.1 Å². The summed E-state index contributed by atoms with van der Waals surface area (Å²) in [5.74, 6) is 0.144. The van der Waals surface area contributed by atoms with Crippen LogP contribution in [0.4, 0.5) is 0 Å². The van der Waals surface area contributed by atoms with Crippen LogP contribution in [0.3, 0.4) is 0 Å². The van der Waals surface area contributed by atoms with Gasteiger partial charge in [-0.3, -0.25) is 14.5 Å². The van der Waals surface area contributed by atoms with Crippen LogP contribution in [-0.2, 0) is 9.59 Å². The maximum Gasteiger partial charge on any atom is 0.221 e. The molecule has 1 fully saturated rings. The molecule has 0 aliphatic carbocycles. The summed E-state index contributed by atoms with van der Waals surface area (Å²) < 4.78 is 0. The number of piperazine rings is 1. The number of nitrogens with zero attached hydrogens (tertiary/aromatic N) is 2. The molecule has 0 saturated carbocycles. The molecule has 5 heteroatoms. The van der Waals surface area contributed by atoms with E-state index in [4.69, 9.17) is 11.6 Å². The molecule has 1 heterocycles. The van der Waals surface area contributed by atoms with Gasteiger partial charge < -0.3 is 4.90 Å². The minimum Gasteiger partial charge on any atom is -0.340 e. The van der Waals surface area contributed by atoms with E-state index in [1.165, 1.54) is 0 Å². The standard InChI is InChI=1S/C10H17ClN2O2/c1-9(14)13-7-5-12(6-8-13)4-2-3-10(11)15/h2-8H2,1H3. The molecule has 0 bridgehead atoms. The van der Waals surface area contributed by atoms with Crippen LogP contribution < -0.4 is 0 Å². The Kier molecular flexibility index (Phi) is 5.05. The molecule has 1 aliphatic rings. The lowest BCUT2D eigenvalue weighted by atomic mass is 10.2. The van der Waals surface area contributed by atoms with Gasteiger partial charge in [0.25, 0.3) is 0 Å². The van der Waals surface area contributed by atoms with Crippen LogP contribution in [0.15, 0.2) is 0 Å². The number of halogens is 1. The van der Waals surface area contributed by atoms with E-state index in [1.54, 1.807) is 6.92 Å². The van der Waals surface area contributed by atoms with Crippen molar-refractivity contribution in [3.8, 4) is 0 Å². The van der Waals surface area contributed by atoms with Crippen molar-refractivity contribution in [1.82, 2.24) is 9.80 Å². The van der Waals surface area contributed by atoms with Crippen LogP contribution in [-0.4, -0.2) is 53.7 Å². The van der Waals surface area contributed by atoms with E-state index in [1.807, 2.05) is 4.90 Å². The minimum atomic E-state index is -0.266. The summed E-state index contributed by atoms with van der Waals surface area (Å²) in [4.78, 5) is 25.7. The lowest BCUT2D eigenvalue weighted by Crippen LogP contribution is -2.48. The fourth-order valence-corrected chi connectivity index (χ4v) is 1.86. The Balaban J connectivity index is 2.14. The van der Waals surface area contributed by atoms with E-state index in [-0.39, 0.29) is 11.1 Å². The zero-order chi connectivity index (χ0) is 11.3. The number of rotatable bonds is 4. The van der Waals surface area contributed by atoms with Gasteiger partial charge in [0.1, 0.15) is 0 Å². The molecule has 0 radical (unpaired) electrons. The average Bonchev–Trinajstić information content (AvgIpc) is 2.18. The molecule has 0 N–H and O–H groups in total. The predicted octanol–water partition coefficient (Wildman–Crippen LogP) is 0.696. The highest BCUT2D eigenvalue weighted by Crippen LogP contribution is 2.04. The van der Waals surface area contributed by atoms with Crippen molar-refractivity contribution in [1.29, 1.82) is 0 Å². The van der Waals surface area contributed by atoms with Crippen molar-refractivity contribution in [2.75, 3.05) is 32.7 Å². The molecule has 4 nitrogen and oxygen atoms in total. The molecule has 0 unspecified atom stereocenters. The maximum absolute atomic E-state index is 11.1. The third-order valence-corrected chi connectivity index (χ3v) is 2.85. The number of carbonyl (C=O) groups excluding carboxylic acids is 2. The summed E-state index contributed by atoms with van der Waals surface area (Å²) in [6.45, 7) is 5.88. The molecule has 0 atom stereocenters. The number of hydrogen-bond acceptors (Lipinski definition) is 3. The summed E-state index contributed by atoms with van der Waals surface area (Å²) in [5.41, 5.74) is 0. The van der Waals surface area contributed by atoms with Crippen LogP contribution >= 0.6 is 11.6 Å². The third kappa shape index (κ3) is 4.62. The van der Waals surface area contributed by atoms with Crippen molar-refractivity contribution in [3.63, 3.8) is 0 Å². The molecule has 0 aromatic rings. The summed E-state index contributed by atoms with van der Waals surface area (Å²) in [5, 5.41) is -0.266. The first kappa shape index (κ1) is 12.5. The van der Waals surface area contributed by atoms with Gasteiger partial charge in [0.2, 0.25) is 11.1 Å². The summed E-state index contributed by atoms with van der Waals surface area (Å²) in [6.07, 6.45) is 1.25. The van der Waals surface area contributed by atoms with Gasteiger partial charge in [-0.05, 0) is 24.6 Å². The Bertz CT molecular complexity index is 235. The van der Waals surface area contributed by atoms with E-state index in [0.29, 0.717) is 6.42 Å². The van der Waals surface area contributed by atoms with Gasteiger partial charge in [0, 0.05) is 39.5 Å². The second-order valence-corrected chi connectivity index (χ2v) is 4.23. The van der Waals surface area contributed by atoms with Crippen molar-refractivity contribution in [2.45, 2.75) is 19.8 Å². The Labute approximate surface area is 95.2 Å². The predicted molar refractivity (Wildman–Crippen MR) is 58.8 cm³/mol. The molecule has 15 heavy (non-hydrogen) atoms. The van der Waals surface area contributed by atoms with Crippen molar-refractivity contribution >= 4 is 22.8 Å². The highest BCUT2D eigenvalue weighted by molar-refractivity contribution is 6.63. The maximum atomic E-state index is 11.1. The van der Waals surface area contributed by atoms with E-state index >= 15 is 0 Å². The van der Waals surface area contributed by atoms with E-state index in [2.05, 4.69) is 4.90 Å². The quantitative estimate of drug-likeness (QED) is 0.670. The Hall–Kier alpha value is -0.610. The topological polar surface area (TPSA) is 40.6 Å². The zero-order valence-electron chi connectivity index (χ0n) is 9.04. The van der Waals surface area contributed by atoms with Gasteiger partial charge in [0.05, 0.1) is 0 Å². The lowest BCUT2D eigenvalue weighted by molar-refractivity contribution is -0.130. The van der Waals surface area contributed by atoms with Gasteiger partial charge in [-0.25, -0.2) is 0 Å². The van der Waals surface area contributed by atoms with E-state index < -0.39 is 0 Å². The van der Waals surface area contributed by atoms with Crippen molar-refractivity contribution in [3.05, 3.63) is 0 Å².